The predicted molar refractivity (Wildman–Crippen MR) is 73.3 cm³/mol. The van der Waals surface area contributed by atoms with Gasteiger partial charge in [-0.3, -0.25) is 0 Å². The molecule has 2 heterocycles. The lowest BCUT2D eigenvalue weighted by atomic mass is 9.75. The van der Waals surface area contributed by atoms with E-state index in [9.17, 15) is 13.9 Å². The minimum absolute atomic E-state index is 0.102. The summed E-state index contributed by atoms with van der Waals surface area (Å²) < 4.78 is 32.0. The number of nitrogens with zero attached hydrogens (tertiary/aromatic N) is 1. The first-order chi connectivity index (χ1) is 9.83. The van der Waals surface area contributed by atoms with Gasteiger partial charge in [0.05, 0.1) is 6.10 Å². The molecule has 116 valence electrons. The van der Waals surface area contributed by atoms with E-state index in [0.717, 1.165) is 19.8 Å². The maximum atomic E-state index is 13.1. The molecule has 1 saturated carbocycles. The zero-order valence-electron chi connectivity index (χ0n) is 11.9. The molecule has 2 aliphatic rings. The van der Waals surface area contributed by atoms with Crippen LogP contribution in [0.4, 0.5) is 8.78 Å². The highest BCUT2D eigenvalue weighted by Gasteiger charge is 2.41. The van der Waals surface area contributed by atoms with Crippen molar-refractivity contribution in [3.8, 4) is 5.88 Å². The Kier molecular flexibility index (Phi) is 3.61. The molecule has 4 atom stereocenters. The fourth-order valence-corrected chi connectivity index (χ4v) is 3.11. The number of pyridine rings is 1. The summed E-state index contributed by atoms with van der Waals surface area (Å²) in [5.74, 6) is -2.25. The smallest absolute Gasteiger partial charge is 0.249 e. The second-order valence-corrected chi connectivity index (χ2v) is 6.29. The molecule has 1 fully saturated rings. The van der Waals surface area contributed by atoms with Crippen molar-refractivity contribution in [1.29, 1.82) is 0 Å². The van der Waals surface area contributed by atoms with Gasteiger partial charge in [0.15, 0.2) is 0 Å². The summed E-state index contributed by atoms with van der Waals surface area (Å²) in [7, 11) is 0. The molecule has 4 nitrogen and oxygen atoms in total. The first kappa shape index (κ1) is 14.7. The van der Waals surface area contributed by atoms with Crippen molar-refractivity contribution in [2.45, 2.75) is 56.8 Å². The molecular formula is C15H20F2N2O2. The van der Waals surface area contributed by atoms with Gasteiger partial charge < -0.3 is 15.6 Å². The summed E-state index contributed by atoms with van der Waals surface area (Å²) in [6.07, 6.45) is 2.90. The number of aromatic nitrogens is 1. The zero-order chi connectivity index (χ0) is 15.2. The lowest BCUT2D eigenvalue weighted by Crippen LogP contribution is -2.46. The third kappa shape index (κ3) is 3.01. The van der Waals surface area contributed by atoms with E-state index in [2.05, 4.69) is 4.98 Å². The topological polar surface area (TPSA) is 68.4 Å². The number of aliphatic hydroxyl groups excluding tert-OH is 1. The zero-order valence-corrected chi connectivity index (χ0v) is 11.9. The molecule has 1 aliphatic carbocycles. The SMILES string of the molecule is CC(F)(F)Cc1cnc2c(c1)C(N)CC(C1CCC1O)O2. The third-order valence-corrected chi connectivity index (χ3v) is 4.37. The molecular weight excluding hydrogens is 278 g/mol. The Bertz CT molecular complexity index is 533. The van der Waals surface area contributed by atoms with Gasteiger partial charge >= 0.3 is 0 Å². The monoisotopic (exact) mass is 298 g/mol. The first-order valence-corrected chi connectivity index (χ1v) is 7.30. The fourth-order valence-electron chi connectivity index (χ4n) is 3.11. The summed E-state index contributed by atoms with van der Waals surface area (Å²) in [6, 6.07) is 1.38. The largest absolute Gasteiger partial charge is 0.474 e. The third-order valence-electron chi connectivity index (χ3n) is 4.37. The number of nitrogens with two attached hydrogens (primary N) is 1. The Balaban J connectivity index is 1.79. The Hall–Kier alpha value is -1.27. The van der Waals surface area contributed by atoms with Crippen molar-refractivity contribution in [1.82, 2.24) is 4.98 Å². The predicted octanol–water partition coefficient (Wildman–Crippen LogP) is 2.20. The maximum absolute atomic E-state index is 13.1. The lowest BCUT2D eigenvalue weighted by Gasteiger charge is -2.41. The molecule has 3 N–H and O–H groups in total. The average Bonchev–Trinajstić information content (AvgIpc) is 2.36. The van der Waals surface area contributed by atoms with Crippen LogP contribution in [0.2, 0.25) is 0 Å². The molecule has 1 aromatic heterocycles. The van der Waals surface area contributed by atoms with Crippen LogP contribution in [-0.2, 0) is 6.42 Å². The standard InChI is InChI=1S/C15H20F2N2O2/c1-15(16,17)6-8-4-10-11(18)5-13(9-2-3-12(9)20)21-14(10)19-7-8/h4,7,9,11-13,20H,2-3,5-6,18H2,1H3. The van der Waals surface area contributed by atoms with Crippen LogP contribution in [0.25, 0.3) is 0 Å². The highest BCUT2D eigenvalue weighted by molar-refractivity contribution is 5.35. The molecule has 0 radical (unpaired) electrons. The molecule has 0 spiro atoms. The normalized spacial score (nSPS) is 32.0. The number of aliphatic hydroxyl groups is 1. The number of hydrogen-bond donors (Lipinski definition) is 2. The van der Waals surface area contributed by atoms with E-state index in [1.165, 1.54) is 6.20 Å². The van der Waals surface area contributed by atoms with Gasteiger partial charge in [-0.15, -0.1) is 0 Å². The van der Waals surface area contributed by atoms with Crippen molar-refractivity contribution >= 4 is 0 Å². The van der Waals surface area contributed by atoms with E-state index < -0.39 is 5.92 Å². The van der Waals surface area contributed by atoms with E-state index in [1.807, 2.05) is 0 Å². The minimum atomic E-state index is -2.77. The van der Waals surface area contributed by atoms with Crippen molar-refractivity contribution in [2.75, 3.05) is 0 Å². The summed E-state index contributed by atoms with van der Waals surface area (Å²) >= 11 is 0. The van der Waals surface area contributed by atoms with Gasteiger partial charge in [-0.1, -0.05) is 0 Å². The molecule has 1 aromatic rings. The second kappa shape index (κ2) is 5.18. The van der Waals surface area contributed by atoms with Crippen LogP contribution >= 0.6 is 0 Å². The first-order valence-electron chi connectivity index (χ1n) is 7.30. The van der Waals surface area contributed by atoms with Crippen LogP contribution in [0.3, 0.4) is 0 Å². The summed E-state index contributed by atoms with van der Waals surface area (Å²) in [5.41, 5.74) is 7.29. The molecule has 0 aromatic carbocycles. The van der Waals surface area contributed by atoms with E-state index in [0.29, 0.717) is 23.4 Å². The van der Waals surface area contributed by atoms with Gasteiger partial charge in [0.2, 0.25) is 11.8 Å². The average molecular weight is 298 g/mol. The molecule has 4 unspecified atom stereocenters. The van der Waals surface area contributed by atoms with Crippen LogP contribution in [-0.4, -0.2) is 28.2 Å². The van der Waals surface area contributed by atoms with Gasteiger partial charge in [-0.2, -0.15) is 0 Å². The van der Waals surface area contributed by atoms with Crippen LogP contribution < -0.4 is 10.5 Å². The van der Waals surface area contributed by atoms with Crippen molar-refractivity contribution in [3.63, 3.8) is 0 Å². The number of fused-ring (bicyclic) bond motifs is 1. The van der Waals surface area contributed by atoms with E-state index in [-0.39, 0.29) is 30.6 Å². The highest BCUT2D eigenvalue weighted by atomic mass is 19.3. The Morgan fingerprint density at radius 2 is 2.24 bits per heavy atom. The summed E-state index contributed by atoms with van der Waals surface area (Å²) in [6.45, 7) is 0.886. The van der Waals surface area contributed by atoms with Gasteiger partial charge in [0.25, 0.3) is 0 Å². The summed E-state index contributed by atoms with van der Waals surface area (Å²) in [5, 5.41) is 9.74. The molecule has 21 heavy (non-hydrogen) atoms. The van der Waals surface area contributed by atoms with Crippen LogP contribution in [0, 0.1) is 5.92 Å². The molecule has 3 rings (SSSR count). The maximum Gasteiger partial charge on any atom is 0.249 e. The molecule has 0 amide bonds. The second-order valence-electron chi connectivity index (χ2n) is 6.29. The molecule has 6 heteroatoms. The summed E-state index contributed by atoms with van der Waals surface area (Å²) in [4.78, 5) is 4.15. The Morgan fingerprint density at radius 3 is 2.81 bits per heavy atom. The number of halogens is 2. The highest BCUT2D eigenvalue weighted by Crippen LogP contribution is 2.41. The quantitative estimate of drug-likeness (QED) is 0.897. The Labute approximate surface area is 122 Å². The van der Waals surface area contributed by atoms with E-state index in [4.69, 9.17) is 10.5 Å². The van der Waals surface area contributed by atoms with Crippen molar-refractivity contribution < 1.29 is 18.6 Å². The van der Waals surface area contributed by atoms with Crippen molar-refractivity contribution in [2.24, 2.45) is 11.7 Å². The van der Waals surface area contributed by atoms with Gasteiger partial charge in [-0.25, -0.2) is 13.8 Å². The van der Waals surface area contributed by atoms with Gasteiger partial charge in [0, 0.05) is 36.6 Å². The molecule has 0 saturated heterocycles. The number of alkyl halides is 2. The van der Waals surface area contributed by atoms with E-state index >= 15 is 0 Å². The molecule has 1 aliphatic heterocycles. The Morgan fingerprint density at radius 1 is 1.48 bits per heavy atom. The lowest BCUT2D eigenvalue weighted by molar-refractivity contribution is -0.0521. The van der Waals surface area contributed by atoms with Crippen LogP contribution in [0.15, 0.2) is 12.3 Å². The van der Waals surface area contributed by atoms with Gasteiger partial charge in [-0.05, 0) is 31.4 Å². The van der Waals surface area contributed by atoms with Crippen LogP contribution in [0.5, 0.6) is 5.88 Å². The number of rotatable bonds is 3. The number of ether oxygens (including phenoxy) is 1. The minimum Gasteiger partial charge on any atom is -0.474 e. The molecule has 0 bridgehead atoms. The van der Waals surface area contributed by atoms with Crippen LogP contribution in [0.1, 0.15) is 43.4 Å². The number of hydrogen-bond acceptors (Lipinski definition) is 4. The van der Waals surface area contributed by atoms with E-state index in [1.54, 1.807) is 6.07 Å². The fraction of sp³-hybridized carbons (Fsp3) is 0.667. The van der Waals surface area contributed by atoms with Gasteiger partial charge in [0.1, 0.15) is 6.10 Å². The van der Waals surface area contributed by atoms with Crippen molar-refractivity contribution in [3.05, 3.63) is 23.4 Å².